The molecule has 0 atom stereocenters. The van der Waals surface area contributed by atoms with Crippen LogP contribution in [0.2, 0.25) is 0 Å². The molecule has 1 amide bonds. The Morgan fingerprint density at radius 1 is 0.879 bits per heavy atom. The number of carbonyl (C=O) groups excluding carboxylic acids is 2. The Kier molecular flexibility index (Phi) is 8.24. The van der Waals surface area contributed by atoms with Crippen LogP contribution in [0, 0.1) is 12.7 Å². The number of hydrogen-bond donors (Lipinski definition) is 1. The topological polar surface area (TPSA) is 83.1 Å². The van der Waals surface area contributed by atoms with Gasteiger partial charge >= 0.3 is 5.97 Å². The maximum absolute atomic E-state index is 12.9. The largest absolute Gasteiger partial charge is 0.493 e. The van der Waals surface area contributed by atoms with Crippen molar-refractivity contribution in [3.05, 3.63) is 83.7 Å². The van der Waals surface area contributed by atoms with Crippen molar-refractivity contribution in [3.63, 3.8) is 0 Å². The van der Waals surface area contributed by atoms with E-state index in [9.17, 15) is 14.0 Å². The van der Waals surface area contributed by atoms with Crippen LogP contribution in [0.4, 0.5) is 10.1 Å². The fourth-order valence-electron chi connectivity index (χ4n) is 2.88. The minimum absolute atomic E-state index is 0.0806. The number of carbonyl (C=O) groups is 2. The van der Waals surface area contributed by atoms with Gasteiger partial charge in [-0.05, 0) is 61.0 Å². The summed E-state index contributed by atoms with van der Waals surface area (Å²) in [5.74, 6) is -0.0731. The third-order valence-corrected chi connectivity index (χ3v) is 4.55. The fraction of sp³-hybridized carbons (Fsp3) is 0.200. The molecule has 3 aromatic rings. The second-order valence-corrected chi connectivity index (χ2v) is 6.96. The molecule has 0 aliphatic carbocycles. The molecule has 0 aliphatic rings. The van der Waals surface area contributed by atoms with Crippen LogP contribution in [0.5, 0.6) is 17.2 Å². The summed E-state index contributed by atoms with van der Waals surface area (Å²) in [6.07, 6.45) is 0. The van der Waals surface area contributed by atoms with E-state index in [0.717, 1.165) is 11.3 Å². The maximum atomic E-state index is 12.9. The number of para-hydroxylation sites is 1. The first-order valence-electron chi connectivity index (χ1n) is 10.2. The molecule has 0 aliphatic heterocycles. The molecule has 0 radical (unpaired) electrons. The zero-order valence-electron chi connectivity index (χ0n) is 18.3. The van der Waals surface area contributed by atoms with Gasteiger partial charge in [0, 0.05) is 5.69 Å². The summed E-state index contributed by atoms with van der Waals surface area (Å²) in [5, 5.41) is 2.59. The molecule has 3 rings (SSSR count). The number of halogens is 1. The first kappa shape index (κ1) is 23.6. The molecular formula is C25H24FNO6. The average molecular weight is 453 g/mol. The van der Waals surface area contributed by atoms with Gasteiger partial charge in [0.2, 0.25) is 0 Å². The minimum atomic E-state index is -0.540. The summed E-state index contributed by atoms with van der Waals surface area (Å²) in [4.78, 5) is 24.4. The van der Waals surface area contributed by atoms with Crippen molar-refractivity contribution in [1.82, 2.24) is 0 Å². The second-order valence-electron chi connectivity index (χ2n) is 6.96. The molecule has 1 N–H and O–H groups in total. The van der Waals surface area contributed by atoms with Crippen LogP contribution in [-0.4, -0.2) is 38.8 Å². The van der Waals surface area contributed by atoms with Crippen LogP contribution in [0.1, 0.15) is 15.9 Å². The SMILES string of the molecule is COc1cc(C(=O)OCCOc2ccccc2C)ccc1OCC(=O)Nc1ccc(F)cc1. The predicted molar refractivity (Wildman–Crippen MR) is 120 cm³/mol. The lowest BCUT2D eigenvalue weighted by molar-refractivity contribution is -0.118. The first-order valence-corrected chi connectivity index (χ1v) is 10.2. The van der Waals surface area contributed by atoms with E-state index in [2.05, 4.69) is 5.32 Å². The smallest absolute Gasteiger partial charge is 0.338 e. The first-order chi connectivity index (χ1) is 16.0. The Morgan fingerprint density at radius 3 is 2.36 bits per heavy atom. The van der Waals surface area contributed by atoms with Crippen molar-refractivity contribution in [2.24, 2.45) is 0 Å². The molecule has 0 saturated heterocycles. The van der Waals surface area contributed by atoms with E-state index < -0.39 is 17.7 Å². The van der Waals surface area contributed by atoms with Crippen LogP contribution in [0.15, 0.2) is 66.7 Å². The summed E-state index contributed by atoms with van der Waals surface area (Å²) >= 11 is 0. The summed E-state index contributed by atoms with van der Waals surface area (Å²) in [6.45, 7) is 1.94. The van der Waals surface area contributed by atoms with Gasteiger partial charge in [-0.25, -0.2) is 9.18 Å². The average Bonchev–Trinajstić information content (AvgIpc) is 2.82. The van der Waals surface area contributed by atoms with E-state index >= 15 is 0 Å². The van der Waals surface area contributed by atoms with Gasteiger partial charge < -0.3 is 24.3 Å². The standard InChI is InChI=1S/C25H24FNO6/c1-17-5-3-4-6-21(17)31-13-14-32-25(29)18-7-12-22(23(15-18)30-2)33-16-24(28)27-20-10-8-19(26)9-11-20/h3-12,15H,13-14,16H2,1-2H3,(H,27,28). The van der Waals surface area contributed by atoms with Gasteiger partial charge in [-0.1, -0.05) is 18.2 Å². The lowest BCUT2D eigenvalue weighted by Crippen LogP contribution is -2.20. The van der Waals surface area contributed by atoms with E-state index in [0.29, 0.717) is 5.69 Å². The van der Waals surface area contributed by atoms with Gasteiger partial charge in [-0.3, -0.25) is 4.79 Å². The van der Waals surface area contributed by atoms with Crippen LogP contribution < -0.4 is 19.5 Å². The van der Waals surface area contributed by atoms with Gasteiger partial charge in [0.15, 0.2) is 18.1 Å². The molecule has 0 saturated carbocycles. The molecule has 0 heterocycles. The number of benzene rings is 3. The molecule has 8 heteroatoms. The minimum Gasteiger partial charge on any atom is -0.493 e. The van der Waals surface area contributed by atoms with Crippen molar-refractivity contribution in [2.75, 3.05) is 32.2 Å². The Bertz CT molecular complexity index is 1100. The lowest BCUT2D eigenvalue weighted by atomic mass is 10.2. The second kappa shape index (κ2) is 11.5. The predicted octanol–water partition coefficient (Wildman–Crippen LogP) is 4.40. The van der Waals surface area contributed by atoms with Crippen LogP contribution in [-0.2, 0) is 9.53 Å². The normalized spacial score (nSPS) is 10.3. The Balaban J connectivity index is 1.49. The molecule has 0 unspecified atom stereocenters. The van der Waals surface area contributed by atoms with Gasteiger partial charge in [0.05, 0.1) is 12.7 Å². The number of ether oxygens (including phenoxy) is 4. The number of aryl methyl sites for hydroxylation is 1. The van der Waals surface area contributed by atoms with Gasteiger partial charge in [0.1, 0.15) is 24.8 Å². The Hall–Kier alpha value is -4.07. The number of nitrogens with one attached hydrogen (secondary N) is 1. The third-order valence-electron chi connectivity index (χ3n) is 4.55. The van der Waals surface area contributed by atoms with E-state index in [1.807, 2.05) is 31.2 Å². The number of amides is 1. The number of esters is 1. The Labute approximate surface area is 191 Å². The van der Waals surface area contributed by atoms with Crippen LogP contribution in [0.3, 0.4) is 0 Å². The fourth-order valence-corrected chi connectivity index (χ4v) is 2.88. The van der Waals surface area contributed by atoms with Gasteiger partial charge in [0.25, 0.3) is 5.91 Å². The zero-order chi connectivity index (χ0) is 23.6. The van der Waals surface area contributed by atoms with Crippen LogP contribution in [0.25, 0.3) is 0 Å². The molecule has 0 fully saturated rings. The summed E-state index contributed by atoms with van der Waals surface area (Å²) in [5.41, 5.74) is 1.71. The molecule has 7 nitrogen and oxygen atoms in total. The van der Waals surface area contributed by atoms with Crippen molar-refractivity contribution < 1.29 is 32.9 Å². The molecule has 0 spiro atoms. The molecule has 33 heavy (non-hydrogen) atoms. The molecular weight excluding hydrogens is 429 g/mol. The Morgan fingerprint density at radius 2 is 1.64 bits per heavy atom. The highest BCUT2D eigenvalue weighted by Gasteiger charge is 2.14. The molecule has 0 bridgehead atoms. The molecule has 0 aromatic heterocycles. The van der Waals surface area contributed by atoms with E-state index in [-0.39, 0.29) is 36.9 Å². The lowest BCUT2D eigenvalue weighted by Gasteiger charge is -2.13. The monoisotopic (exact) mass is 453 g/mol. The van der Waals surface area contributed by atoms with Crippen molar-refractivity contribution in [3.8, 4) is 17.2 Å². The number of rotatable bonds is 10. The van der Waals surface area contributed by atoms with E-state index in [4.69, 9.17) is 18.9 Å². The van der Waals surface area contributed by atoms with E-state index in [1.54, 1.807) is 0 Å². The number of anilines is 1. The van der Waals surface area contributed by atoms with E-state index in [1.165, 1.54) is 49.6 Å². The maximum Gasteiger partial charge on any atom is 0.338 e. The summed E-state index contributed by atoms with van der Waals surface area (Å²) in [6, 6.07) is 17.4. The highest BCUT2D eigenvalue weighted by atomic mass is 19.1. The molecule has 172 valence electrons. The zero-order valence-corrected chi connectivity index (χ0v) is 18.3. The van der Waals surface area contributed by atoms with Gasteiger partial charge in [-0.15, -0.1) is 0 Å². The molecule has 3 aromatic carbocycles. The quantitative estimate of drug-likeness (QED) is 0.362. The highest BCUT2D eigenvalue weighted by Crippen LogP contribution is 2.28. The summed E-state index contributed by atoms with van der Waals surface area (Å²) in [7, 11) is 1.42. The van der Waals surface area contributed by atoms with Crippen LogP contribution >= 0.6 is 0 Å². The van der Waals surface area contributed by atoms with Crippen molar-refractivity contribution in [1.29, 1.82) is 0 Å². The van der Waals surface area contributed by atoms with Gasteiger partial charge in [-0.2, -0.15) is 0 Å². The van der Waals surface area contributed by atoms with Crippen molar-refractivity contribution >= 4 is 17.6 Å². The number of hydrogen-bond acceptors (Lipinski definition) is 6. The highest BCUT2D eigenvalue weighted by molar-refractivity contribution is 5.92. The third kappa shape index (κ3) is 6.96. The van der Waals surface area contributed by atoms with Crippen molar-refractivity contribution in [2.45, 2.75) is 6.92 Å². The number of methoxy groups -OCH3 is 1. The summed E-state index contributed by atoms with van der Waals surface area (Å²) < 4.78 is 34.6.